The number of aryl methyl sites for hydroxylation is 1. The second kappa shape index (κ2) is 11.0. The van der Waals surface area contributed by atoms with E-state index in [0.717, 1.165) is 36.0 Å². The number of hydrogen-bond acceptors (Lipinski definition) is 8. The first-order valence-corrected chi connectivity index (χ1v) is 13.7. The zero-order valence-electron chi connectivity index (χ0n) is 20.7. The molecule has 36 heavy (non-hydrogen) atoms. The summed E-state index contributed by atoms with van der Waals surface area (Å²) >= 11 is 0. The molecule has 4 N–H and O–H groups in total. The molecule has 1 fully saturated rings. The second-order valence-electron chi connectivity index (χ2n) is 9.04. The predicted octanol–water partition coefficient (Wildman–Crippen LogP) is 2.88. The van der Waals surface area contributed by atoms with Crippen molar-refractivity contribution in [1.82, 2.24) is 29.8 Å². The number of benzene rings is 1. The zero-order valence-corrected chi connectivity index (χ0v) is 21.5. The summed E-state index contributed by atoms with van der Waals surface area (Å²) in [5.74, 6) is 1.29. The van der Waals surface area contributed by atoms with Gasteiger partial charge in [0.15, 0.2) is 5.82 Å². The minimum atomic E-state index is -3.28. The number of aromatic nitrogens is 4. The van der Waals surface area contributed by atoms with Gasteiger partial charge in [-0.25, -0.2) is 23.1 Å². The first-order valence-electron chi connectivity index (χ1n) is 11.8. The molecule has 1 aromatic carbocycles. The van der Waals surface area contributed by atoms with Gasteiger partial charge in [0, 0.05) is 73.8 Å². The molecular weight excluding hydrogens is 476 g/mol. The van der Waals surface area contributed by atoms with Crippen LogP contribution in [0.25, 0.3) is 28.1 Å². The van der Waals surface area contributed by atoms with Gasteiger partial charge >= 0.3 is 0 Å². The third kappa shape index (κ3) is 6.16. The predicted molar refractivity (Wildman–Crippen MR) is 143 cm³/mol. The standard InChI is InChI=1S/C25H32N8O2S/c1-27-12-20(11-26)22-15-29-24(18-7-4-6-17(10-18)21-14-30-33(2)16-21)31-25(22)28-13-19-8-5-9-23(19)32-36(3,34)35/h4,6-7,10-12,14-16,19,23,26-27,32H,5,8-9,13H2,1-3H3,(H,28,29,31)/b20-12+,26-11?. The lowest BCUT2D eigenvalue weighted by Crippen LogP contribution is -2.39. The molecule has 1 aliphatic carbocycles. The van der Waals surface area contributed by atoms with Crippen molar-refractivity contribution in [3.63, 3.8) is 0 Å². The fourth-order valence-electron chi connectivity index (χ4n) is 4.57. The number of allylic oxidation sites excluding steroid dienone is 1. The van der Waals surface area contributed by atoms with Gasteiger partial charge in [0.05, 0.1) is 12.5 Å². The van der Waals surface area contributed by atoms with Gasteiger partial charge in [-0.15, -0.1) is 0 Å². The Morgan fingerprint density at radius 3 is 2.72 bits per heavy atom. The van der Waals surface area contributed by atoms with Crippen LogP contribution in [0.2, 0.25) is 0 Å². The van der Waals surface area contributed by atoms with Crippen molar-refractivity contribution in [2.24, 2.45) is 13.0 Å². The van der Waals surface area contributed by atoms with Crippen LogP contribution in [0.5, 0.6) is 0 Å². The molecule has 1 aliphatic rings. The van der Waals surface area contributed by atoms with Crippen LogP contribution in [0.3, 0.4) is 0 Å². The molecule has 0 spiro atoms. The molecule has 0 radical (unpaired) electrons. The lowest BCUT2D eigenvalue weighted by atomic mass is 10.0. The molecule has 4 rings (SSSR count). The minimum Gasteiger partial charge on any atom is -0.393 e. The highest BCUT2D eigenvalue weighted by Gasteiger charge is 2.29. The van der Waals surface area contributed by atoms with E-state index >= 15 is 0 Å². The molecule has 11 heteroatoms. The summed E-state index contributed by atoms with van der Waals surface area (Å²) in [6.45, 7) is 0.553. The van der Waals surface area contributed by atoms with Crippen LogP contribution in [-0.4, -0.2) is 60.3 Å². The Balaban J connectivity index is 1.65. The van der Waals surface area contributed by atoms with E-state index in [9.17, 15) is 8.42 Å². The summed E-state index contributed by atoms with van der Waals surface area (Å²) in [6.07, 6.45) is 12.4. The normalized spacial score (nSPS) is 18.2. The third-order valence-electron chi connectivity index (χ3n) is 6.27. The van der Waals surface area contributed by atoms with E-state index in [1.54, 1.807) is 24.1 Å². The van der Waals surface area contributed by atoms with Gasteiger partial charge in [-0.1, -0.05) is 24.6 Å². The maximum atomic E-state index is 11.8. The number of anilines is 1. The van der Waals surface area contributed by atoms with Gasteiger partial charge in [-0.3, -0.25) is 4.68 Å². The van der Waals surface area contributed by atoms with Crippen molar-refractivity contribution in [2.75, 3.05) is 25.2 Å². The Morgan fingerprint density at radius 1 is 1.22 bits per heavy atom. The lowest BCUT2D eigenvalue weighted by molar-refractivity contribution is 0.463. The maximum Gasteiger partial charge on any atom is 0.208 e. The molecule has 2 aromatic heterocycles. The Morgan fingerprint density at radius 2 is 2.03 bits per heavy atom. The molecule has 0 saturated heterocycles. The first-order chi connectivity index (χ1) is 17.3. The largest absolute Gasteiger partial charge is 0.393 e. The number of hydrogen-bond donors (Lipinski definition) is 4. The van der Waals surface area contributed by atoms with Gasteiger partial charge < -0.3 is 16.0 Å². The second-order valence-corrected chi connectivity index (χ2v) is 10.8. The van der Waals surface area contributed by atoms with Crippen molar-refractivity contribution in [2.45, 2.75) is 25.3 Å². The van der Waals surface area contributed by atoms with Gasteiger partial charge in [-0.05, 0) is 30.4 Å². The Labute approximate surface area is 211 Å². The Kier molecular flexibility index (Phi) is 7.80. The van der Waals surface area contributed by atoms with Crippen LogP contribution in [0.4, 0.5) is 5.82 Å². The van der Waals surface area contributed by atoms with E-state index in [1.165, 1.54) is 12.5 Å². The smallest absolute Gasteiger partial charge is 0.208 e. The van der Waals surface area contributed by atoms with E-state index in [0.29, 0.717) is 29.3 Å². The van der Waals surface area contributed by atoms with Crippen LogP contribution < -0.4 is 15.4 Å². The number of nitrogens with zero attached hydrogens (tertiary/aromatic N) is 4. The quantitative estimate of drug-likeness (QED) is 0.309. The first kappa shape index (κ1) is 25.5. The van der Waals surface area contributed by atoms with Crippen LogP contribution in [0.15, 0.2) is 49.1 Å². The summed E-state index contributed by atoms with van der Waals surface area (Å²) in [5, 5.41) is 18.5. The molecule has 1 saturated carbocycles. The van der Waals surface area contributed by atoms with Crippen LogP contribution >= 0.6 is 0 Å². The summed E-state index contributed by atoms with van der Waals surface area (Å²) in [6, 6.07) is 7.86. The summed E-state index contributed by atoms with van der Waals surface area (Å²) in [4.78, 5) is 9.45. The molecule has 190 valence electrons. The molecule has 2 heterocycles. The van der Waals surface area contributed by atoms with E-state index in [1.807, 2.05) is 43.7 Å². The Hall–Kier alpha value is -3.57. The third-order valence-corrected chi connectivity index (χ3v) is 7.00. The zero-order chi connectivity index (χ0) is 25.7. The van der Waals surface area contributed by atoms with Crippen molar-refractivity contribution >= 4 is 27.6 Å². The van der Waals surface area contributed by atoms with Gasteiger partial charge in [0.1, 0.15) is 5.82 Å². The van der Waals surface area contributed by atoms with E-state index in [4.69, 9.17) is 10.4 Å². The number of sulfonamides is 1. The molecule has 0 bridgehead atoms. The highest BCUT2D eigenvalue weighted by Crippen LogP contribution is 2.30. The molecule has 3 aromatic rings. The van der Waals surface area contributed by atoms with E-state index in [2.05, 4.69) is 25.4 Å². The van der Waals surface area contributed by atoms with Crippen molar-refractivity contribution in [1.29, 1.82) is 5.41 Å². The monoisotopic (exact) mass is 508 g/mol. The van der Waals surface area contributed by atoms with Crippen LogP contribution in [0.1, 0.15) is 24.8 Å². The van der Waals surface area contributed by atoms with Crippen molar-refractivity contribution in [3.8, 4) is 22.5 Å². The highest BCUT2D eigenvalue weighted by atomic mass is 32.2. The molecule has 10 nitrogen and oxygen atoms in total. The average molecular weight is 509 g/mol. The highest BCUT2D eigenvalue weighted by molar-refractivity contribution is 7.88. The van der Waals surface area contributed by atoms with Gasteiger partial charge in [0.2, 0.25) is 10.0 Å². The molecule has 2 unspecified atom stereocenters. The molecule has 0 amide bonds. The summed E-state index contributed by atoms with van der Waals surface area (Å²) < 4.78 is 28.1. The minimum absolute atomic E-state index is 0.108. The Bertz CT molecular complexity index is 1370. The SMILES string of the molecule is CN/C=C(\C=N)c1cnc(-c2cccc(-c3cnn(C)c3)c2)nc1NCC1CCCC1NS(C)(=O)=O. The average Bonchev–Trinajstić information content (AvgIpc) is 3.48. The summed E-state index contributed by atoms with van der Waals surface area (Å²) in [7, 11) is 0.374. The number of rotatable bonds is 10. The van der Waals surface area contributed by atoms with Crippen LogP contribution in [0, 0.1) is 11.3 Å². The molecule has 0 aliphatic heterocycles. The van der Waals surface area contributed by atoms with Gasteiger partial charge in [-0.2, -0.15) is 5.10 Å². The van der Waals surface area contributed by atoms with Crippen molar-refractivity contribution in [3.05, 3.63) is 54.6 Å². The maximum absolute atomic E-state index is 11.8. The molecular formula is C25H32N8O2S. The fourth-order valence-corrected chi connectivity index (χ4v) is 5.43. The van der Waals surface area contributed by atoms with E-state index < -0.39 is 10.0 Å². The van der Waals surface area contributed by atoms with Crippen molar-refractivity contribution < 1.29 is 8.42 Å². The summed E-state index contributed by atoms with van der Waals surface area (Å²) in [5.41, 5.74) is 4.20. The lowest BCUT2D eigenvalue weighted by Gasteiger charge is -2.21. The number of nitrogens with one attached hydrogen (secondary N) is 4. The van der Waals surface area contributed by atoms with Gasteiger partial charge in [0.25, 0.3) is 0 Å². The van der Waals surface area contributed by atoms with E-state index in [-0.39, 0.29) is 12.0 Å². The van der Waals surface area contributed by atoms with Crippen LogP contribution in [-0.2, 0) is 17.1 Å². The topological polar surface area (TPSA) is 138 Å². The molecule has 2 atom stereocenters. The fraction of sp³-hybridized carbons (Fsp3) is 0.360.